The summed E-state index contributed by atoms with van der Waals surface area (Å²) < 4.78 is 6.46. The van der Waals surface area contributed by atoms with Crippen molar-refractivity contribution in [2.24, 2.45) is 0 Å². The fraction of sp³-hybridized carbons (Fsp3) is 0.667. The Kier molecular flexibility index (Phi) is 15.4. The summed E-state index contributed by atoms with van der Waals surface area (Å²) >= 11 is 0. The Morgan fingerprint density at radius 3 is 1.96 bits per heavy atom. The number of unbranched alkanes of at least 4 members (excludes halogenated alkanes) is 9. The molecule has 1 rings (SSSR count). The van der Waals surface area contributed by atoms with Gasteiger partial charge in [-0.3, -0.25) is 0 Å². The maximum atomic E-state index is 11.2. The van der Waals surface area contributed by atoms with E-state index >= 15 is 0 Å². The zero-order valence-electron chi connectivity index (χ0n) is 18.2. The van der Waals surface area contributed by atoms with Crippen LogP contribution in [-0.2, 0) is 16.1 Å². The van der Waals surface area contributed by atoms with Crippen LogP contribution in [0.15, 0.2) is 36.1 Å². The number of hydrogen-bond acceptors (Lipinski definition) is 2. The van der Waals surface area contributed by atoms with E-state index in [0.717, 1.165) is 16.6 Å². The lowest BCUT2D eigenvalue weighted by Gasteiger charge is -2.29. The number of likely N-dealkylation sites (N-methyl/N-ethyl adjacent to an activating group) is 1. The zero-order chi connectivity index (χ0) is 19.8. The van der Waals surface area contributed by atoms with Crippen LogP contribution in [-0.4, -0.2) is 37.6 Å². The van der Waals surface area contributed by atoms with Crippen LogP contribution >= 0.6 is 0 Å². The molecule has 0 spiro atoms. The van der Waals surface area contributed by atoms with E-state index in [-0.39, 0.29) is 4.70 Å². The Labute approximate surface area is 171 Å². The molecule has 0 N–H and O–H groups in total. The van der Waals surface area contributed by atoms with E-state index in [4.69, 9.17) is 4.74 Å². The normalized spacial score (nSPS) is 10.8. The first-order valence-electron chi connectivity index (χ1n) is 10.8. The van der Waals surface area contributed by atoms with Crippen molar-refractivity contribution in [1.82, 2.24) is 0 Å². The molecule has 1 aromatic rings. The number of benzene rings is 1. The van der Waals surface area contributed by atoms with Crippen molar-refractivity contribution in [3.8, 4) is 0 Å². The van der Waals surface area contributed by atoms with Gasteiger partial charge in [-0.05, 0) is 18.4 Å². The van der Waals surface area contributed by atoms with E-state index in [9.17, 15) is 4.79 Å². The average Bonchev–Trinajstić information content (AvgIpc) is 2.67. The summed E-state index contributed by atoms with van der Waals surface area (Å²) in [5.41, 5.74) is 1.07. The van der Waals surface area contributed by atoms with Crippen LogP contribution in [0, 0.1) is 0 Å². The third-order valence-corrected chi connectivity index (χ3v) is 5.06. The van der Waals surface area contributed by atoms with Gasteiger partial charge < -0.3 is 13.9 Å². The Morgan fingerprint density at radius 2 is 1.43 bits per heavy atom. The predicted octanol–water partition coefficient (Wildman–Crippen LogP) is 2.92. The number of hydrogen-bond donors (Lipinski definition) is 0. The molecule has 0 bridgehead atoms. The molecule has 0 aliphatic rings. The van der Waals surface area contributed by atoms with Crippen LogP contribution in [0.4, 0.5) is 0 Å². The van der Waals surface area contributed by atoms with Gasteiger partial charge in [0.25, 0.3) is 0 Å². The molecule has 0 saturated carbocycles. The topological polar surface area (TPSA) is 26.3 Å². The third-order valence-electron chi connectivity index (χ3n) is 5.06. The smallest absolute Gasteiger partial charge is 0.235 e. The van der Waals surface area contributed by atoms with Gasteiger partial charge in [-0.2, -0.15) is 0 Å². The molecular formula is C24H40FNO2. The van der Waals surface area contributed by atoms with Gasteiger partial charge in [0.15, 0.2) is 5.94 Å². The molecule has 160 valence electrons. The van der Waals surface area contributed by atoms with Gasteiger partial charge in [0.1, 0.15) is 13.2 Å². The maximum Gasteiger partial charge on any atom is 0.235 e. The minimum Gasteiger partial charge on any atom is -1.00 e. The molecule has 0 heterocycles. The molecule has 0 atom stereocenters. The molecule has 0 radical (unpaired) electrons. The minimum absolute atomic E-state index is 0. The minimum atomic E-state index is 0. The van der Waals surface area contributed by atoms with Gasteiger partial charge in [-0.1, -0.05) is 88.6 Å². The fourth-order valence-electron chi connectivity index (χ4n) is 3.35. The van der Waals surface area contributed by atoms with Crippen LogP contribution in [0.25, 0.3) is 0 Å². The maximum absolute atomic E-state index is 11.2. The largest absolute Gasteiger partial charge is 1.00 e. The summed E-state index contributed by atoms with van der Waals surface area (Å²) in [6, 6.07) is 9.95. The molecule has 0 aliphatic heterocycles. The lowest BCUT2D eigenvalue weighted by Crippen LogP contribution is -3.00. The second-order valence-corrected chi connectivity index (χ2v) is 8.30. The van der Waals surface area contributed by atoms with Gasteiger partial charge in [-0.15, -0.1) is 0 Å². The zero-order valence-corrected chi connectivity index (χ0v) is 18.2. The highest BCUT2D eigenvalue weighted by Gasteiger charge is 2.19. The summed E-state index contributed by atoms with van der Waals surface area (Å²) in [4.78, 5) is 11.2. The lowest BCUT2D eigenvalue weighted by atomic mass is 10.1. The van der Waals surface area contributed by atoms with E-state index < -0.39 is 0 Å². The third kappa shape index (κ3) is 13.5. The monoisotopic (exact) mass is 393 g/mol. The van der Waals surface area contributed by atoms with Crippen molar-refractivity contribution in [2.75, 3.05) is 27.2 Å². The molecule has 0 saturated heterocycles. The summed E-state index contributed by atoms with van der Waals surface area (Å²) in [6.07, 6.45) is 13.5. The van der Waals surface area contributed by atoms with Crippen LogP contribution < -0.4 is 4.70 Å². The quantitative estimate of drug-likeness (QED) is 0.187. The van der Waals surface area contributed by atoms with E-state index in [2.05, 4.69) is 21.0 Å². The number of carbonyl (C=O) groups excluding carboxylic acids is 1. The molecule has 0 unspecified atom stereocenters. The van der Waals surface area contributed by atoms with Gasteiger partial charge in [0.2, 0.25) is 5.76 Å². The van der Waals surface area contributed by atoms with Crippen molar-refractivity contribution in [3.63, 3.8) is 0 Å². The second-order valence-electron chi connectivity index (χ2n) is 8.30. The molecule has 0 amide bonds. The number of quaternary nitrogens is 1. The predicted molar refractivity (Wildman–Crippen MR) is 114 cm³/mol. The van der Waals surface area contributed by atoms with Crippen LogP contribution in [0.3, 0.4) is 0 Å². The summed E-state index contributed by atoms with van der Waals surface area (Å²) in [6.45, 7) is 4.37. The SMILES string of the molecule is CCCCCCCCCCCC[N+](C)(C)CC(=C=O)OCc1ccccc1.[F-]. The molecule has 0 aliphatic carbocycles. The van der Waals surface area contributed by atoms with E-state index in [1.54, 1.807) is 0 Å². The van der Waals surface area contributed by atoms with Crippen LogP contribution in [0.2, 0.25) is 0 Å². The van der Waals surface area contributed by atoms with E-state index in [1.807, 2.05) is 36.3 Å². The number of halogens is 1. The molecule has 28 heavy (non-hydrogen) atoms. The molecule has 3 nitrogen and oxygen atoms in total. The van der Waals surface area contributed by atoms with Gasteiger partial charge in [0.05, 0.1) is 20.6 Å². The molecule has 0 aromatic heterocycles. The first-order valence-corrected chi connectivity index (χ1v) is 10.8. The highest BCUT2D eigenvalue weighted by molar-refractivity contribution is 5.49. The van der Waals surface area contributed by atoms with Gasteiger partial charge in [-0.25, -0.2) is 4.79 Å². The average molecular weight is 394 g/mol. The highest BCUT2D eigenvalue weighted by Crippen LogP contribution is 2.13. The number of ether oxygens (including phenoxy) is 1. The molecular weight excluding hydrogens is 353 g/mol. The van der Waals surface area contributed by atoms with E-state index in [1.165, 1.54) is 64.2 Å². The fourth-order valence-corrected chi connectivity index (χ4v) is 3.35. The first-order chi connectivity index (χ1) is 13.1. The van der Waals surface area contributed by atoms with Gasteiger partial charge in [0, 0.05) is 0 Å². The summed E-state index contributed by atoms with van der Waals surface area (Å²) in [5.74, 6) is 2.42. The Morgan fingerprint density at radius 1 is 0.893 bits per heavy atom. The Balaban J connectivity index is 0.00000729. The molecule has 1 aromatic carbocycles. The molecule has 0 fully saturated rings. The number of nitrogens with zero attached hydrogens (tertiary/aromatic N) is 1. The van der Waals surface area contributed by atoms with Crippen LogP contribution in [0.1, 0.15) is 76.7 Å². The van der Waals surface area contributed by atoms with Crippen molar-refractivity contribution >= 4 is 5.94 Å². The highest BCUT2D eigenvalue weighted by atomic mass is 19.0. The van der Waals surface area contributed by atoms with Gasteiger partial charge >= 0.3 is 0 Å². The lowest BCUT2D eigenvalue weighted by molar-refractivity contribution is -0.887. The van der Waals surface area contributed by atoms with Crippen molar-refractivity contribution in [2.45, 2.75) is 77.7 Å². The first kappa shape index (κ1) is 26.4. The second kappa shape index (κ2) is 16.3. The Bertz CT molecular complexity index is 539. The van der Waals surface area contributed by atoms with E-state index in [0.29, 0.717) is 18.9 Å². The number of rotatable bonds is 16. The summed E-state index contributed by atoms with van der Waals surface area (Å²) in [5, 5.41) is 0. The van der Waals surface area contributed by atoms with Crippen LogP contribution in [0.5, 0.6) is 0 Å². The van der Waals surface area contributed by atoms with Crippen molar-refractivity contribution in [1.29, 1.82) is 0 Å². The standard InChI is InChI=1S/C24H40NO2.FH/c1-4-5-6-7-8-9-10-11-12-16-19-25(2,3)20-24(21-26)27-22-23-17-14-13-15-18-23;/h13-15,17-18H,4-12,16,19-20,22H2,1-3H3;1H/q+1;/p-1. The van der Waals surface area contributed by atoms with Crippen molar-refractivity contribution in [3.05, 3.63) is 41.7 Å². The molecule has 4 heteroatoms. The summed E-state index contributed by atoms with van der Waals surface area (Å²) in [7, 11) is 4.33. The Hall–Kier alpha value is -1.64. The van der Waals surface area contributed by atoms with Crippen molar-refractivity contribution < 1.29 is 18.7 Å².